The van der Waals surface area contributed by atoms with Crippen molar-refractivity contribution in [2.75, 3.05) is 0 Å². The fraction of sp³-hybridized carbons (Fsp3) is 0.400. The van der Waals surface area contributed by atoms with Crippen molar-refractivity contribution in [2.24, 2.45) is 0 Å². The van der Waals surface area contributed by atoms with E-state index in [1.54, 1.807) is 0 Å². The average molecular weight is 282 g/mol. The first-order valence-corrected chi connectivity index (χ1v) is 7.56. The summed E-state index contributed by atoms with van der Waals surface area (Å²) in [6.07, 6.45) is 0. The highest BCUT2D eigenvalue weighted by atomic mass is 16.5. The number of benzene rings is 2. The lowest BCUT2D eigenvalue weighted by atomic mass is 9.85. The van der Waals surface area contributed by atoms with Gasteiger partial charge in [0, 0.05) is 11.1 Å². The molecule has 0 amide bonds. The molecule has 0 fully saturated rings. The number of hydrogen-bond acceptors (Lipinski definition) is 1. The molecule has 0 N–H and O–H groups in total. The molecule has 0 aliphatic heterocycles. The Labute approximate surface area is 129 Å². The monoisotopic (exact) mass is 282 g/mol. The molecule has 0 saturated carbocycles. The van der Waals surface area contributed by atoms with Crippen molar-refractivity contribution in [3.63, 3.8) is 0 Å². The van der Waals surface area contributed by atoms with E-state index in [4.69, 9.17) is 4.74 Å². The van der Waals surface area contributed by atoms with Crippen molar-refractivity contribution in [1.82, 2.24) is 0 Å². The normalized spacial score (nSPS) is 12.3. The van der Waals surface area contributed by atoms with Crippen LogP contribution in [0.25, 0.3) is 0 Å². The standard InChI is InChI=1S/C20H26O/c1-19(2,3)15-11-7-9-13-17(15)21-18-14-10-8-12-16(18)20(4,5)6/h7-14H,1-6H3. The summed E-state index contributed by atoms with van der Waals surface area (Å²) >= 11 is 0. The van der Waals surface area contributed by atoms with Crippen LogP contribution >= 0.6 is 0 Å². The van der Waals surface area contributed by atoms with Crippen LogP contribution in [-0.4, -0.2) is 0 Å². The molecule has 21 heavy (non-hydrogen) atoms. The van der Waals surface area contributed by atoms with Gasteiger partial charge >= 0.3 is 0 Å². The summed E-state index contributed by atoms with van der Waals surface area (Å²) in [7, 11) is 0. The topological polar surface area (TPSA) is 9.23 Å². The van der Waals surface area contributed by atoms with E-state index < -0.39 is 0 Å². The van der Waals surface area contributed by atoms with E-state index in [1.165, 1.54) is 11.1 Å². The first kappa shape index (κ1) is 15.6. The lowest BCUT2D eigenvalue weighted by molar-refractivity contribution is 0.436. The molecule has 0 aliphatic rings. The number of para-hydroxylation sites is 2. The van der Waals surface area contributed by atoms with Gasteiger partial charge in [0.2, 0.25) is 0 Å². The Morgan fingerprint density at radius 3 is 1.24 bits per heavy atom. The van der Waals surface area contributed by atoms with Crippen LogP contribution in [0.1, 0.15) is 52.7 Å². The van der Waals surface area contributed by atoms with E-state index in [9.17, 15) is 0 Å². The van der Waals surface area contributed by atoms with Gasteiger partial charge in [-0.15, -0.1) is 0 Å². The van der Waals surface area contributed by atoms with Crippen molar-refractivity contribution in [3.05, 3.63) is 59.7 Å². The molecule has 0 aliphatic carbocycles. The predicted molar refractivity (Wildman–Crippen MR) is 90.4 cm³/mol. The van der Waals surface area contributed by atoms with Crippen LogP contribution in [0.2, 0.25) is 0 Å². The second-order valence-corrected chi connectivity index (χ2v) is 7.59. The van der Waals surface area contributed by atoms with Gasteiger partial charge < -0.3 is 4.74 Å². The van der Waals surface area contributed by atoms with Gasteiger partial charge in [-0.05, 0) is 23.0 Å². The van der Waals surface area contributed by atoms with Crippen LogP contribution in [0.5, 0.6) is 11.5 Å². The first-order valence-electron chi connectivity index (χ1n) is 7.56. The summed E-state index contributed by atoms with van der Waals surface area (Å²) in [5.41, 5.74) is 2.59. The highest BCUT2D eigenvalue weighted by Crippen LogP contribution is 2.38. The Balaban J connectivity index is 2.45. The number of rotatable bonds is 2. The summed E-state index contributed by atoms with van der Waals surface area (Å²) in [4.78, 5) is 0. The Morgan fingerprint density at radius 2 is 0.905 bits per heavy atom. The molecule has 0 radical (unpaired) electrons. The molecule has 2 aromatic rings. The van der Waals surface area contributed by atoms with Crippen LogP contribution < -0.4 is 4.74 Å². The Bertz CT molecular complexity index is 557. The first-order chi connectivity index (χ1) is 9.69. The summed E-state index contributed by atoms with van der Waals surface area (Å²) in [6.45, 7) is 13.3. The zero-order valence-corrected chi connectivity index (χ0v) is 14.0. The lowest BCUT2D eigenvalue weighted by Crippen LogP contribution is -2.14. The molecular formula is C20H26O. The van der Waals surface area contributed by atoms with Crippen molar-refractivity contribution in [3.8, 4) is 11.5 Å². The second-order valence-electron chi connectivity index (χ2n) is 7.59. The fourth-order valence-electron chi connectivity index (χ4n) is 2.47. The van der Waals surface area contributed by atoms with E-state index in [0.717, 1.165) is 11.5 Å². The molecule has 2 rings (SSSR count). The highest BCUT2D eigenvalue weighted by molar-refractivity contribution is 5.45. The third-order valence-electron chi connectivity index (χ3n) is 3.61. The number of ether oxygens (including phenoxy) is 1. The molecule has 0 unspecified atom stereocenters. The maximum atomic E-state index is 6.29. The molecule has 1 heteroatoms. The summed E-state index contributed by atoms with van der Waals surface area (Å²) in [6, 6.07) is 16.6. The van der Waals surface area contributed by atoms with E-state index in [0.29, 0.717) is 0 Å². The summed E-state index contributed by atoms with van der Waals surface area (Å²) in [5, 5.41) is 0. The third kappa shape index (κ3) is 3.66. The maximum absolute atomic E-state index is 6.29. The van der Waals surface area contributed by atoms with Crippen LogP contribution in [0.3, 0.4) is 0 Å². The number of hydrogen-bond donors (Lipinski definition) is 0. The van der Waals surface area contributed by atoms with Crippen molar-refractivity contribution in [2.45, 2.75) is 52.4 Å². The molecule has 0 atom stereocenters. The Morgan fingerprint density at radius 1 is 0.571 bits per heavy atom. The zero-order chi connectivity index (χ0) is 15.7. The van der Waals surface area contributed by atoms with E-state index >= 15 is 0 Å². The van der Waals surface area contributed by atoms with Gasteiger partial charge in [0.25, 0.3) is 0 Å². The quantitative estimate of drug-likeness (QED) is 0.649. The molecular weight excluding hydrogens is 256 g/mol. The largest absolute Gasteiger partial charge is 0.457 e. The minimum Gasteiger partial charge on any atom is -0.457 e. The van der Waals surface area contributed by atoms with Gasteiger partial charge in [0.1, 0.15) is 11.5 Å². The lowest BCUT2D eigenvalue weighted by Gasteiger charge is -2.26. The maximum Gasteiger partial charge on any atom is 0.131 e. The fourth-order valence-corrected chi connectivity index (χ4v) is 2.47. The van der Waals surface area contributed by atoms with Crippen LogP contribution in [0.15, 0.2) is 48.5 Å². The Kier molecular flexibility index (Phi) is 4.13. The average Bonchev–Trinajstić information content (AvgIpc) is 2.37. The SMILES string of the molecule is CC(C)(C)c1ccccc1Oc1ccccc1C(C)(C)C. The van der Waals surface area contributed by atoms with E-state index in [1.807, 2.05) is 12.1 Å². The van der Waals surface area contributed by atoms with Crippen molar-refractivity contribution < 1.29 is 4.74 Å². The van der Waals surface area contributed by atoms with Gasteiger partial charge in [-0.3, -0.25) is 0 Å². The second kappa shape index (κ2) is 5.55. The van der Waals surface area contributed by atoms with Crippen LogP contribution in [0, 0.1) is 0 Å². The van der Waals surface area contributed by atoms with Gasteiger partial charge in [0.05, 0.1) is 0 Å². The van der Waals surface area contributed by atoms with E-state index in [2.05, 4.69) is 77.9 Å². The van der Waals surface area contributed by atoms with E-state index in [-0.39, 0.29) is 10.8 Å². The third-order valence-corrected chi connectivity index (χ3v) is 3.61. The van der Waals surface area contributed by atoms with Crippen molar-refractivity contribution >= 4 is 0 Å². The predicted octanol–water partition coefficient (Wildman–Crippen LogP) is 6.07. The molecule has 0 bridgehead atoms. The molecule has 2 aromatic carbocycles. The molecule has 0 heterocycles. The van der Waals surface area contributed by atoms with Crippen LogP contribution in [0.4, 0.5) is 0 Å². The van der Waals surface area contributed by atoms with Gasteiger partial charge in [-0.2, -0.15) is 0 Å². The zero-order valence-electron chi connectivity index (χ0n) is 14.0. The van der Waals surface area contributed by atoms with Gasteiger partial charge in [-0.25, -0.2) is 0 Å². The minimum atomic E-state index is 0.0628. The molecule has 112 valence electrons. The summed E-state index contributed by atoms with van der Waals surface area (Å²) in [5.74, 6) is 1.89. The molecule has 0 saturated heterocycles. The smallest absolute Gasteiger partial charge is 0.131 e. The van der Waals surface area contributed by atoms with Gasteiger partial charge in [0.15, 0.2) is 0 Å². The molecule has 1 nitrogen and oxygen atoms in total. The molecule has 0 spiro atoms. The summed E-state index contributed by atoms with van der Waals surface area (Å²) < 4.78 is 6.29. The molecule has 0 aromatic heterocycles. The van der Waals surface area contributed by atoms with Crippen molar-refractivity contribution in [1.29, 1.82) is 0 Å². The highest BCUT2D eigenvalue weighted by Gasteiger charge is 2.22. The van der Waals surface area contributed by atoms with Crippen LogP contribution in [-0.2, 0) is 10.8 Å². The van der Waals surface area contributed by atoms with Gasteiger partial charge in [-0.1, -0.05) is 77.9 Å². The Hall–Kier alpha value is -1.76. The minimum absolute atomic E-state index is 0.0628.